The van der Waals surface area contributed by atoms with Gasteiger partial charge in [0.25, 0.3) is 7.37 Å². The fourth-order valence-corrected chi connectivity index (χ4v) is 1.97. The quantitative estimate of drug-likeness (QED) is 0.614. The predicted molar refractivity (Wildman–Crippen MR) is 56.7 cm³/mol. The van der Waals surface area contributed by atoms with E-state index in [0.717, 1.165) is 0 Å². The highest BCUT2D eigenvalue weighted by Gasteiger charge is 2.16. The van der Waals surface area contributed by atoms with E-state index in [1.54, 1.807) is 30.3 Å². The van der Waals surface area contributed by atoms with Crippen molar-refractivity contribution in [2.75, 3.05) is 6.61 Å². The number of ether oxygens (including phenoxy) is 1. The molecular formula is C10H13O3P. The Bertz CT molecular complexity index is 346. The minimum Gasteiger partial charge on any atom is -0.501 e. The molecule has 0 heterocycles. The van der Waals surface area contributed by atoms with Crippen LogP contribution in [0.25, 0.3) is 0 Å². The van der Waals surface area contributed by atoms with Gasteiger partial charge >= 0.3 is 0 Å². The summed E-state index contributed by atoms with van der Waals surface area (Å²) in [6.45, 7) is 2.31. The van der Waals surface area contributed by atoms with Crippen molar-refractivity contribution in [3.63, 3.8) is 0 Å². The molecule has 1 N–H and O–H groups in total. The van der Waals surface area contributed by atoms with Crippen LogP contribution in [0.1, 0.15) is 6.92 Å². The van der Waals surface area contributed by atoms with Crippen LogP contribution < -0.4 is 5.30 Å². The molecule has 0 saturated carbocycles. The third-order valence-electron chi connectivity index (χ3n) is 1.65. The summed E-state index contributed by atoms with van der Waals surface area (Å²) in [5, 5.41) is 0.413. The number of rotatable bonds is 4. The van der Waals surface area contributed by atoms with Crippen LogP contribution in [0.4, 0.5) is 0 Å². The van der Waals surface area contributed by atoms with E-state index in [2.05, 4.69) is 0 Å². The first-order valence-corrected chi connectivity index (χ1v) is 6.07. The van der Waals surface area contributed by atoms with Gasteiger partial charge in [-0.25, -0.2) is 0 Å². The molecule has 0 fully saturated rings. The van der Waals surface area contributed by atoms with Crippen molar-refractivity contribution in [2.24, 2.45) is 0 Å². The molecular weight excluding hydrogens is 199 g/mol. The van der Waals surface area contributed by atoms with Gasteiger partial charge in [0.15, 0.2) is 0 Å². The van der Waals surface area contributed by atoms with Crippen LogP contribution >= 0.6 is 7.37 Å². The zero-order chi connectivity index (χ0) is 10.4. The summed E-state index contributed by atoms with van der Waals surface area (Å²) in [6.07, 6.45) is 1.27. The lowest BCUT2D eigenvalue weighted by Gasteiger charge is -2.05. The summed E-state index contributed by atoms with van der Waals surface area (Å²) in [5.41, 5.74) is 0. The van der Waals surface area contributed by atoms with Gasteiger partial charge in [-0.1, -0.05) is 18.2 Å². The monoisotopic (exact) mass is 212 g/mol. The fraction of sp³-hybridized carbons (Fsp3) is 0.200. The van der Waals surface area contributed by atoms with E-state index in [9.17, 15) is 9.46 Å². The number of hydrogen-bond donors (Lipinski definition) is 1. The maximum atomic E-state index is 11.7. The van der Waals surface area contributed by atoms with Crippen LogP contribution in [0, 0.1) is 0 Å². The topological polar surface area (TPSA) is 46.5 Å². The maximum absolute atomic E-state index is 11.7. The molecule has 1 atom stereocenters. The van der Waals surface area contributed by atoms with Gasteiger partial charge in [0.05, 0.1) is 12.9 Å². The van der Waals surface area contributed by atoms with Crippen molar-refractivity contribution < 1.29 is 14.2 Å². The van der Waals surface area contributed by atoms with Gasteiger partial charge in [-0.3, -0.25) is 4.57 Å². The molecule has 0 radical (unpaired) electrons. The summed E-state index contributed by atoms with van der Waals surface area (Å²) < 4.78 is 16.6. The highest BCUT2D eigenvalue weighted by molar-refractivity contribution is 7.69. The van der Waals surface area contributed by atoms with Crippen molar-refractivity contribution in [3.05, 3.63) is 42.4 Å². The third-order valence-corrected chi connectivity index (χ3v) is 3.22. The first-order valence-electron chi connectivity index (χ1n) is 4.34. The Kier molecular flexibility index (Phi) is 3.93. The summed E-state index contributed by atoms with van der Waals surface area (Å²) in [7, 11) is -3.38. The Morgan fingerprint density at radius 3 is 2.64 bits per heavy atom. The van der Waals surface area contributed by atoms with Gasteiger partial charge in [0, 0.05) is 11.1 Å². The molecule has 0 aliphatic carbocycles. The summed E-state index contributed by atoms with van der Waals surface area (Å²) >= 11 is 0. The standard InChI is InChI=1S/C10H13O3P/c1-2-13-8-9-14(11,12)10-6-4-3-5-7-10/h3-9H,2H2,1H3,(H,11,12). The molecule has 0 aromatic heterocycles. The van der Waals surface area contributed by atoms with Gasteiger partial charge in [-0.15, -0.1) is 0 Å². The lowest BCUT2D eigenvalue weighted by atomic mass is 10.4. The largest absolute Gasteiger partial charge is 0.501 e. The molecule has 14 heavy (non-hydrogen) atoms. The molecule has 0 saturated heterocycles. The molecule has 1 rings (SSSR count). The van der Waals surface area contributed by atoms with Crippen LogP contribution in [-0.4, -0.2) is 11.5 Å². The van der Waals surface area contributed by atoms with E-state index in [0.29, 0.717) is 11.9 Å². The average Bonchev–Trinajstić information content (AvgIpc) is 2.19. The maximum Gasteiger partial charge on any atom is 0.254 e. The zero-order valence-corrected chi connectivity index (χ0v) is 8.85. The second-order valence-corrected chi connectivity index (χ2v) is 4.76. The van der Waals surface area contributed by atoms with Gasteiger partial charge in [-0.2, -0.15) is 0 Å². The normalized spacial score (nSPS) is 15.3. The zero-order valence-electron chi connectivity index (χ0n) is 7.96. The Balaban J connectivity index is 2.81. The van der Waals surface area contributed by atoms with Gasteiger partial charge < -0.3 is 9.63 Å². The van der Waals surface area contributed by atoms with Crippen LogP contribution in [-0.2, 0) is 9.30 Å². The molecule has 0 spiro atoms. The Labute approximate surface area is 83.5 Å². The Morgan fingerprint density at radius 2 is 2.07 bits per heavy atom. The van der Waals surface area contributed by atoms with Crippen LogP contribution in [0.2, 0.25) is 0 Å². The molecule has 4 heteroatoms. The van der Waals surface area contributed by atoms with Gasteiger partial charge in [0.2, 0.25) is 0 Å². The fourth-order valence-electron chi connectivity index (χ4n) is 0.949. The van der Waals surface area contributed by atoms with Crippen molar-refractivity contribution >= 4 is 12.7 Å². The molecule has 1 aromatic carbocycles. The van der Waals surface area contributed by atoms with E-state index in [1.165, 1.54) is 12.1 Å². The first-order chi connectivity index (χ1) is 6.67. The molecule has 3 nitrogen and oxygen atoms in total. The van der Waals surface area contributed by atoms with Crippen LogP contribution in [0.5, 0.6) is 0 Å². The van der Waals surface area contributed by atoms with E-state index in [-0.39, 0.29) is 0 Å². The van der Waals surface area contributed by atoms with Crippen molar-refractivity contribution in [2.45, 2.75) is 6.92 Å². The second kappa shape index (κ2) is 4.99. The smallest absolute Gasteiger partial charge is 0.254 e. The molecule has 76 valence electrons. The summed E-state index contributed by atoms with van der Waals surface area (Å²) in [5.74, 6) is 1.20. The van der Waals surface area contributed by atoms with Gasteiger partial charge in [-0.05, 0) is 19.1 Å². The summed E-state index contributed by atoms with van der Waals surface area (Å²) in [6, 6.07) is 8.50. The van der Waals surface area contributed by atoms with E-state index in [1.807, 2.05) is 6.92 Å². The molecule has 1 aromatic rings. The Morgan fingerprint density at radius 1 is 1.43 bits per heavy atom. The predicted octanol–water partition coefficient (Wildman–Crippen LogP) is 2.09. The van der Waals surface area contributed by atoms with E-state index < -0.39 is 7.37 Å². The van der Waals surface area contributed by atoms with E-state index >= 15 is 0 Å². The minimum atomic E-state index is -3.38. The molecule has 0 aliphatic rings. The second-order valence-electron chi connectivity index (χ2n) is 2.70. The van der Waals surface area contributed by atoms with Crippen molar-refractivity contribution in [1.82, 2.24) is 0 Å². The average molecular weight is 212 g/mol. The lowest BCUT2D eigenvalue weighted by molar-refractivity contribution is 0.269. The summed E-state index contributed by atoms with van der Waals surface area (Å²) in [4.78, 5) is 9.60. The van der Waals surface area contributed by atoms with Crippen LogP contribution in [0.15, 0.2) is 42.4 Å². The molecule has 0 bridgehead atoms. The highest BCUT2D eigenvalue weighted by atomic mass is 31.2. The van der Waals surface area contributed by atoms with E-state index in [4.69, 9.17) is 4.74 Å². The highest BCUT2D eigenvalue weighted by Crippen LogP contribution is 2.40. The van der Waals surface area contributed by atoms with Crippen molar-refractivity contribution in [1.29, 1.82) is 0 Å². The SMILES string of the molecule is CCOC=CP(=O)(O)c1ccccc1. The number of hydrogen-bond acceptors (Lipinski definition) is 2. The first kappa shape index (κ1) is 11.0. The Hall–Kier alpha value is -1.05. The minimum absolute atomic E-state index is 0.413. The number of benzene rings is 1. The molecule has 0 aliphatic heterocycles. The van der Waals surface area contributed by atoms with Crippen molar-refractivity contribution in [3.8, 4) is 0 Å². The molecule has 0 amide bonds. The lowest BCUT2D eigenvalue weighted by Crippen LogP contribution is -2.00. The van der Waals surface area contributed by atoms with Crippen LogP contribution in [0.3, 0.4) is 0 Å². The third kappa shape index (κ3) is 3.02. The van der Waals surface area contributed by atoms with Gasteiger partial charge in [0.1, 0.15) is 0 Å². The molecule has 1 unspecified atom stereocenters.